The van der Waals surface area contributed by atoms with Crippen LogP contribution in [-0.2, 0) is 11.2 Å². The SMILES string of the molecule is COc1cccc(NC(=O)CCc2cc3c(cn2)[nH]c2ccccc23)c1. The van der Waals surface area contributed by atoms with E-state index in [1.54, 1.807) is 13.2 Å². The molecule has 0 spiro atoms. The molecule has 0 aliphatic carbocycles. The molecule has 0 radical (unpaired) electrons. The maximum absolute atomic E-state index is 12.2. The van der Waals surface area contributed by atoms with Crippen molar-refractivity contribution < 1.29 is 9.53 Å². The fourth-order valence-corrected chi connectivity index (χ4v) is 3.10. The molecule has 0 aliphatic rings. The molecule has 2 aromatic carbocycles. The number of hydrogen-bond donors (Lipinski definition) is 2. The highest BCUT2D eigenvalue weighted by Crippen LogP contribution is 2.25. The minimum absolute atomic E-state index is 0.0425. The summed E-state index contributed by atoms with van der Waals surface area (Å²) in [6, 6.07) is 17.6. The molecule has 4 aromatic rings. The maximum Gasteiger partial charge on any atom is 0.224 e. The lowest BCUT2D eigenvalue weighted by Crippen LogP contribution is -2.12. The van der Waals surface area contributed by atoms with Crippen molar-refractivity contribution in [2.75, 3.05) is 12.4 Å². The largest absolute Gasteiger partial charge is 0.497 e. The van der Waals surface area contributed by atoms with Crippen LogP contribution in [0.15, 0.2) is 60.8 Å². The average Bonchev–Trinajstić information content (AvgIpc) is 3.04. The van der Waals surface area contributed by atoms with Gasteiger partial charge < -0.3 is 15.0 Å². The van der Waals surface area contributed by atoms with Crippen LogP contribution in [0, 0.1) is 0 Å². The molecular formula is C21H19N3O2. The smallest absolute Gasteiger partial charge is 0.224 e. The number of H-pyrrole nitrogens is 1. The second-order valence-corrected chi connectivity index (χ2v) is 6.17. The number of aromatic amines is 1. The lowest BCUT2D eigenvalue weighted by atomic mass is 10.1. The van der Waals surface area contributed by atoms with E-state index in [1.165, 1.54) is 5.39 Å². The number of aryl methyl sites for hydroxylation is 1. The first-order valence-corrected chi connectivity index (χ1v) is 8.52. The van der Waals surface area contributed by atoms with Crippen molar-refractivity contribution in [1.82, 2.24) is 9.97 Å². The number of rotatable bonds is 5. The number of methoxy groups -OCH3 is 1. The van der Waals surface area contributed by atoms with Gasteiger partial charge in [0.15, 0.2) is 0 Å². The van der Waals surface area contributed by atoms with E-state index in [0.29, 0.717) is 18.6 Å². The number of pyridine rings is 1. The van der Waals surface area contributed by atoms with Crippen LogP contribution in [0.2, 0.25) is 0 Å². The lowest BCUT2D eigenvalue weighted by molar-refractivity contribution is -0.116. The van der Waals surface area contributed by atoms with Crippen LogP contribution in [-0.4, -0.2) is 23.0 Å². The number of anilines is 1. The lowest BCUT2D eigenvalue weighted by Gasteiger charge is -2.07. The molecule has 2 aromatic heterocycles. The Balaban J connectivity index is 1.47. The number of aromatic nitrogens is 2. The van der Waals surface area contributed by atoms with Crippen LogP contribution < -0.4 is 10.1 Å². The first kappa shape index (κ1) is 16.1. The summed E-state index contributed by atoms with van der Waals surface area (Å²) in [7, 11) is 1.60. The minimum atomic E-state index is -0.0425. The predicted octanol–water partition coefficient (Wildman–Crippen LogP) is 4.30. The molecule has 5 nitrogen and oxygen atoms in total. The Morgan fingerprint density at radius 1 is 1.08 bits per heavy atom. The van der Waals surface area contributed by atoms with Crippen LogP contribution in [0.4, 0.5) is 5.69 Å². The number of hydrogen-bond acceptors (Lipinski definition) is 3. The zero-order chi connectivity index (χ0) is 17.9. The molecule has 0 fully saturated rings. The molecule has 2 N–H and O–H groups in total. The summed E-state index contributed by atoms with van der Waals surface area (Å²) in [6.45, 7) is 0. The van der Waals surface area contributed by atoms with Crippen molar-refractivity contribution >= 4 is 33.4 Å². The molecule has 2 heterocycles. The number of benzene rings is 2. The Hall–Kier alpha value is -3.34. The van der Waals surface area contributed by atoms with E-state index in [-0.39, 0.29) is 5.91 Å². The molecule has 26 heavy (non-hydrogen) atoms. The van der Waals surface area contributed by atoms with Gasteiger partial charge in [0.25, 0.3) is 0 Å². The maximum atomic E-state index is 12.2. The van der Waals surface area contributed by atoms with Gasteiger partial charge in [-0.2, -0.15) is 0 Å². The fraction of sp³-hybridized carbons (Fsp3) is 0.143. The van der Waals surface area contributed by atoms with E-state index < -0.39 is 0 Å². The molecule has 0 saturated heterocycles. The first-order chi connectivity index (χ1) is 12.7. The van der Waals surface area contributed by atoms with Crippen LogP contribution in [0.3, 0.4) is 0 Å². The van der Waals surface area contributed by atoms with Gasteiger partial charge in [-0.1, -0.05) is 24.3 Å². The molecule has 0 aliphatic heterocycles. The zero-order valence-electron chi connectivity index (χ0n) is 14.5. The second-order valence-electron chi connectivity index (χ2n) is 6.17. The molecule has 0 bridgehead atoms. The predicted molar refractivity (Wildman–Crippen MR) is 104 cm³/mol. The molecule has 0 saturated carbocycles. The van der Waals surface area contributed by atoms with Gasteiger partial charge in [-0.3, -0.25) is 9.78 Å². The first-order valence-electron chi connectivity index (χ1n) is 8.52. The number of nitrogens with one attached hydrogen (secondary N) is 2. The molecule has 4 rings (SSSR count). The summed E-state index contributed by atoms with van der Waals surface area (Å²) >= 11 is 0. The summed E-state index contributed by atoms with van der Waals surface area (Å²) in [5.41, 5.74) is 3.74. The van der Waals surface area contributed by atoms with E-state index in [1.807, 2.05) is 36.5 Å². The number of fused-ring (bicyclic) bond motifs is 3. The van der Waals surface area contributed by atoms with Gasteiger partial charge in [-0.15, -0.1) is 0 Å². The van der Waals surface area contributed by atoms with Crippen LogP contribution in [0.5, 0.6) is 5.75 Å². The third-order valence-corrected chi connectivity index (χ3v) is 4.41. The Kier molecular flexibility index (Phi) is 4.27. The minimum Gasteiger partial charge on any atom is -0.497 e. The molecule has 0 unspecified atom stereocenters. The third kappa shape index (κ3) is 3.24. The van der Waals surface area contributed by atoms with Crippen molar-refractivity contribution in [3.05, 3.63) is 66.5 Å². The highest BCUT2D eigenvalue weighted by atomic mass is 16.5. The van der Waals surface area contributed by atoms with Gasteiger partial charge in [0.05, 0.1) is 18.8 Å². The van der Waals surface area contributed by atoms with Crippen molar-refractivity contribution in [1.29, 1.82) is 0 Å². The summed E-state index contributed by atoms with van der Waals surface area (Å²) in [4.78, 5) is 20.1. The third-order valence-electron chi connectivity index (χ3n) is 4.41. The number of amides is 1. The van der Waals surface area contributed by atoms with Crippen molar-refractivity contribution in [3.8, 4) is 5.75 Å². The van der Waals surface area contributed by atoms with E-state index in [0.717, 1.165) is 27.8 Å². The number of ether oxygens (including phenoxy) is 1. The van der Waals surface area contributed by atoms with Gasteiger partial charge in [-0.25, -0.2) is 0 Å². The normalized spacial score (nSPS) is 11.0. The molecule has 130 valence electrons. The van der Waals surface area contributed by atoms with Gasteiger partial charge in [-0.05, 0) is 30.7 Å². The summed E-state index contributed by atoms with van der Waals surface area (Å²) in [6.07, 6.45) is 2.80. The van der Waals surface area contributed by atoms with Gasteiger partial charge in [0, 0.05) is 40.2 Å². The number of carbonyl (C=O) groups is 1. The number of nitrogens with zero attached hydrogens (tertiary/aromatic N) is 1. The van der Waals surface area contributed by atoms with Crippen molar-refractivity contribution in [3.63, 3.8) is 0 Å². The number of para-hydroxylation sites is 1. The Morgan fingerprint density at radius 2 is 1.96 bits per heavy atom. The van der Waals surface area contributed by atoms with Crippen LogP contribution in [0.25, 0.3) is 21.8 Å². The van der Waals surface area contributed by atoms with E-state index in [2.05, 4.69) is 33.5 Å². The van der Waals surface area contributed by atoms with Gasteiger partial charge in [0.2, 0.25) is 5.91 Å². The van der Waals surface area contributed by atoms with Gasteiger partial charge >= 0.3 is 0 Å². The van der Waals surface area contributed by atoms with Crippen molar-refractivity contribution in [2.24, 2.45) is 0 Å². The highest BCUT2D eigenvalue weighted by molar-refractivity contribution is 6.07. The van der Waals surface area contributed by atoms with Crippen molar-refractivity contribution in [2.45, 2.75) is 12.8 Å². The number of carbonyl (C=O) groups excluding carboxylic acids is 1. The summed E-state index contributed by atoms with van der Waals surface area (Å²) < 4.78 is 5.17. The topological polar surface area (TPSA) is 67.0 Å². The van der Waals surface area contributed by atoms with E-state index >= 15 is 0 Å². The second kappa shape index (κ2) is 6.88. The summed E-state index contributed by atoms with van der Waals surface area (Å²) in [5, 5.41) is 5.21. The average molecular weight is 345 g/mol. The molecular weight excluding hydrogens is 326 g/mol. The van der Waals surface area contributed by atoms with Crippen LogP contribution >= 0.6 is 0 Å². The van der Waals surface area contributed by atoms with Crippen LogP contribution in [0.1, 0.15) is 12.1 Å². The monoisotopic (exact) mass is 345 g/mol. The standard InChI is InChI=1S/C21H19N3O2/c1-26-16-6-4-5-15(11-16)23-21(25)10-9-14-12-18-17-7-2-3-8-19(17)24-20(18)13-22-14/h2-8,11-13,24H,9-10H2,1H3,(H,23,25). The quantitative estimate of drug-likeness (QED) is 0.567. The Morgan fingerprint density at radius 3 is 2.85 bits per heavy atom. The molecule has 0 atom stereocenters. The van der Waals surface area contributed by atoms with Gasteiger partial charge in [0.1, 0.15) is 5.75 Å². The van der Waals surface area contributed by atoms with E-state index in [4.69, 9.17) is 4.74 Å². The summed E-state index contributed by atoms with van der Waals surface area (Å²) in [5.74, 6) is 0.674. The Labute approximate surface area is 151 Å². The van der Waals surface area contributed by atoms with E-state index in [9.17, 15) is 4.79 Å². The molecule has 5 heteroatoms. The zero-order valence-corrected chi connectivity index (χ0v) is 14.5. The Bertz CT molecular complexity index is 1080. The molecule has 1 amide bonds. The fourth-order valence-electron chi connectivity index (χ4n) is 3.10. The highest BCUT2D eigenvalue weighted by Gasteiger charge is 2.08.